The Balaban J connectivity index is 2.50. The largest absolute Gasteiger partial charge is 0.497 e. The summed E-state index contributed by atoms with van der Waals surface area (Å²) in [4.78, 5) is 0. The smallest absolute Gasteiger partial charge is 0.118 e. The van der Waals surface area contributed by atoms with Gasteiger partial charge in [-0.25, -0.2) is 0 Å². The number of methoxy groups -OCH3 is 1. The molecule has 0 aliphatic carbocycles. The molecule has 2 unspecified atom stereocenters. The zero-order valence-corrected chi connectivity index (χ0v) is 14.2. The Morgan fingerprint density at radius 3 is 2.16 bits per heavy atom. The lowest BCUT2D eigenvalue weighted by atomic mass is 9.87. The maximum Gasteiger partial charge on any atom is 0.118 e. The van der Waals surface area contributed by atoms with E-state index in [1.54, 1.807) is 7.11 Å². The standard InChI is InChI=1S/C17H27BrO/c1-13(2)9-14(3)10-16(12-18)11-15-5-7-17(19-4)8-6-15/h5-8,13-14,16H,9-12H2,1-4H3. The first kappa shape index (κ1) is 16.6. The van der Waals surface area contributed by atoms with Crippen LogP contribution >= 0.6 is 15.9 Å². The van der Waals surface area contributed by atoms with Crippen LogP contribution in [0.1, 0.15) is 39.2 Å². The van der Waals surface area contributed by atoms with Crippen LogP contribution in [0.5, 0.6) is 5.75 Å². The van der Waals surface area contributed by atoms with Crippen LogP contribution in [-0.2, 0) is 6.42 Å². The number of rotatable bonds is 8. The first-order valence-corrected chi connectivity index (χ1v) is 8.36. The number of halogens is 1. The SMILES string of the molecule is COc1ccc(CC(CBr)CC(C)CC(C)C)cc1. The zero-order chi connectivity index (χ0) is 14.3. The first-order chi connectivity index (χ1) is 9.05. The van der Waals surface area contributed by atoms with E-state index in [4.69, 9.17) is 4.74 Å². The zero-order valence-electron chi connectivity index (χ0n) is 12.7. The number of hydrogen-bond acceptors (Lipinski definition) is 1. The van der Waals surface area contributed by atoms with Crippen LogP contribution in [0.4, 0.5) is 0 Å². The number of benzene rings is 1. The van der Waals surface area contributed by atoms with Crippen molar-refractivity contribution in [2.45, 2.75) is 40.0 Å². The molecule has 0 spiro atoms. The fourth-order valence-electron chi connectivity index (χ4n) is 2.77. The van der Waals surface area contributed by atoms with E-state index in [0.717, 1.165) is 35.3 Å². The van der Waals surface area contributed by atoms with Crippen LogP contribution in [-0.4, -0.2) is 12.4 Å². The van der Waals surface area contributed by atoms with E-state index in [1.807, 2.05) is 0 Å². The number of alkyl halides is 1. The first-order valence-electron chi connectivity index (χ1n) is 7.24. The summed E-state index contributed by atoms with van der Waals surface area (Å²) < 4.78 is 5.20. The van der Waals surface area contributed by atoms with Gasteiger partial charge in [-0.15, -0.1) is 0 Å². The summed E-state index contributed by atoms with van der Waals surface area (Å²) in [6.45, 7) is 7.00. The molecule has 0 radical (unpaired) electrons. The molecule has 108 valence electrons. The highest BCUT2D eigenvalue weighted by molar-refractivity contribution is 9.09. The second kappa shape index (κ2) is 8.63. The second-order valence-corrected chi connectivity index (χ2v) is 6.69. The minimum atomic E-state index is 0.724. The van der Waals surface area contributed by atoms with E-state index in [-0.39, 0.29) is 0 Å². The van der Waals surface area contributed by atoms with Crippen molar-refractivity contribution in [1.82, 2.24) is 0 Å². The van der Waals surface area contributed by atoms with Crippen molar-refractivity contribution in [3.05, 3.63) is 29.8 Å². The topological polar surface area (TPSA) is 9.23 Å². The van der Waals surface area contributed by atoms with Crippen LogP contribution in [0.15, 0.2) is 24.3 Å². The van der Waals surface area contributed by atoms with Crippen LogP contribution in [0.3, 0.4) is 0 Å². The quantitative estimate of drug-likeness (QED) is 0.587. The van der Waals surface area contributed by atoms with Crippen molar-refractivity contribution in [3.8, 4) is 5.75 Å². The molecule has 1 rings (SSSR count). The van der Waals surface area contributed by atoms with Crippen LogP contribution in [0, 0.1) is 17.8 Å². The van der Waals surface area contributed by atoms with E-state index in [0.29, 0.717) is 0 Å². The minimum absolute atomic E-state index is 0.724. The lowest BCUT2D eigenvalue weighted by Gasteiger charge is -2.20. The average Bonchev–Trinajstić information content (AvgIpc) is 2.37. The van der Waals surface area contributed by atoms with Crippen molar-refractivity contribution in [2.75, 3.05) is 12.4 Å². The van der Waals surface area contributed by atoms with Gasteiger partial charge in [0.05, 0.1) is 7.11 Å². The van der Waals surface area contributed by atoms with Crippen LogP contribution < -0.4 is 4.74 Å². The van der Waals surface area contributed by atoms with Gasteiger partial charge >= 0.3 is 0 Å². The van der Waals surface area contributed by atoms with E-state index in [2.05, 4.69) is 61.0 Å². The summed E-state index contributed by atoms with van der Waals surface area (Å²) in [6, 6.07) is 8.47. The number of hydrogen-bond donors (Lipinski definition) is 0. The van der Waals surface area contributed by atoms with Gasteiger partial charge in [-0.1, -0.05) is 48.8 Å². The monoisotopic (exact) mass is 326 g/mol. The molecular formula is C17H27BrO. The molecule has 1 aromatic carbocycles. The third-order valence-corrected chi connectivity index (χ3v) is 4.43. The van der Waals surface area contributed by atoms with Crippen molar-refractivity contribution in [1.29, 1.82) is 0 Å². The van der Waals surface area contributed by atoms with Gasteiger partial charge in [-0.2, -0.15) is 0 Å². The fraction of sp³-hybridized carbons (Fsp3) is 0.647. The third kappa shape index (κ3) is 6.47. The fourth-order valence-corrected chi connectivity index (χ4v) is 3.26. The highest BCUT2D eigenvalue weighted by Crippen LogP contribution is 2.24. The molecular weight excluding hydrogens is 300 g/mol. The van der Waals surface area contributed by atoms with Gasteiger partial charge < -0.3 is 4.74 Å². The van der Waals surface area contributed by atoms with Gasteiger partial charge in [-0.05, 0) is 54.7 Å². The molecule has 2 atom stereocenters. The van der Waals surface area contributed by atoms with Gasteiger partial charge in [0, 0.05) is 5.33 Å². The molecule has 0 N–H and O–H groups in total. The van der Waals surface area contributed by atoms with Gasteiger partial charge in [0.2, 0.25) is 0 Å². The highest BCUT2D eigenvalue weighted by Gasteiger charge is 2.14. The Bertz CT molecular complexity index is 345. The molecule has 0 aliphatic heterocycles. The average molecular weight is 327 g/mol. The Hall–Kier alpha value is -0.500. The van der Waals surface area contributed by atoms with Gasteiger partial charge in [0.1, 0.15) is 5.75 Å². The second-order valence-electron chi connectivity index (χ2n) is 6.04. The molecule has 0 saturated heterocycles. The van der Waals surface area contributed by atoms with E-state index in [1.165, 1.54) is 18.4 Å². The maximum absolute atomic E-state index is 5.20. The van der Waals surface area contributed by atoms with Crippen LogP contribution in [0.2, 0.25) is 0 Å². The van der Waals surface area contributed by atoms with Gasteiger partial charge in [0.25, 0.3) is 0 Å². The molecule has 0 saturated carbocycles. The highest BCUT2D eigenvalue weighted by atomic mass is 79.9. The summed E-state index contributed by atoms with van der Waals surface area (Å²) in [5.74, 6) is 3.27. The molecule has 0 amide bonds. The molecule has 0 fully saturated rings. The van der Waals surface area contributed by atoms with Crippen molar-refractivity contribution < 1.29 is 4.74 Å². The lowest BCUT2D eigenvalue weighted by molar-refractivity contribution is 0.357. The van der Waals surface area contributed by atoms with Crippen molar-refractivity contribution in [3.63, 3.8) is 0 Å². The molecule has 0 aliphatic rings. The summed E-state index contributed by atoms with van der Waals surface area (Å²) in [5, 5.41) is 1.08. The lowest BCUT2D eigenvalue weighted by Crippen LogP contribution is -2.12. The van der Waals surface area contributed by atoms with Crippen molar-refractivity contribution in [2.24, 2.45) is 17.8 Å². The molecule has 1 nitrogen and oxygen atoms in total. The van der Waals surface area contributed by atoms with Gasteiger partial charge in [-0.3, -0.25) is 0 Å². The molecule has 0 bridgehead atoms. The Kier molecular flexibility index (Phi) is 7.52. The Labute approximate surface area is 126 Å². The van der Waals surface area contributed by atoms with Crippen molar-refractivity contribution >= 4 is 15.9 Å². The Morgan fingerprint density at radius 1 is 1.05 bits per heavy atom. The molecule has 0 heterocycles. The van der Waals surface area contributed by atoms with Crippen LogP contribution in [0.25, 0.3) is 0 Å². The van der Waals surface area contributed by atoms with Gasteiger partial charge in [0.15, 0.2) is 0 Å². The van der Waals surface area contributed by atoms with E-state index < -0.39 is 0 Å². The summed E-state index contributed by atoms with van der Waals surface area (Å²) >= 11 is 3.67. The summed E-state index contributed by atoms with van der Waals surface area (Å²) in [6.07, 6.45) is 3.78. The third-order valence-electron chi connectivity index (χ3n) is 3.51. The predicted molar refractivity (Wildman–Crippen MR) is 87.2 cm³/mol. The van der Waals surface area contributed by atoms with E-state index in [9.17, 15) is 0 Å². The molecule has 1 aromatic rings. The summed E-state index contributed by atoms with van der Waals surface area (Å²) in [7, 11) is 1.71. The predicted octanol–water partition coefficient (Wildman–Crippen LogP) is 5.32. The minimum Gasteiger partial charge on any atom is -0.497 e. The summed E-state index contributed by atoms with van der Waals surface area (Å²) in [5.41, 5.74) is 1.40. The molecule has 2 heteroatoms. The Morgan fingerprint density at radius 2 is 1.68 bits per heavy atom. The molecule has 0 aromatic heterocycles. The maximum atomic E-state index is 5.20. The van der Waals surface area contributed by atoms with E-state index >= 15 is 0 Å². The number of ether oxygens (including phenoxy) is 1. The molecule has 19 heavy (non-hydrogen) atoms. The normalized spacial score (nSPS) is 14.4.